The number of halogens is 1. The van der Waals surface area contributed by atoms with Crippen LogP contribution in [-0.2, 0) is 16.0 Å². The molecule has 6 heteroatoms. The minimum atomic E-state index is -0.706. The Bertz CT molecular complexity index is 547. The van der Waals surface area contributed by atoms with Crippen LogP contribution >= 0.6 is 0 Å². The Labute approximate surface area is 135 Å². The summed E-state index contributed by atoms with van der Waals surface area (Å²) < 4.78 is 12.8. The smallest absolute Gasteiger partial charge is 0.222 e. The number of carbonyl (C=O) groups excluding carboxylic acids is 2. The Hall–Kier alpha value is -1.95. The maximum absolute atomic E-state index is 12.8. The van der Waals surface area contributed by atoms with Gasteiger partial charge in [0.15, 0.2) is 0 Å². The molecule has 0 aliphatic carbocycles. The van der Waals surface area contributed by atoms with Gasteiger partial charge in [0.1, 0.15) is 5.82 Å². The zero-order valence-corrected chi connectivity index (χ0v) is 13.4. The molecule has 1 atom stereocenters. The lowest BCUT2D eigenvalue weighted by atomic mass is 10.1. The number of hydrogen-bond donors (Lipinski definition) is 1. The second kappa shape index (κ2) is 8.06. The average Bonchev–Trinajstić information content (AvgIpc) is 2.71. The van der Waals surface area contributed by atoms with Crippen LogP contribution in [0.25, 0.3) is 0 Å². The zero-order valence-electron chi connectivity index (χ0n) is 13.4. The minimum absolute atomic E-state index is 0.0171. The number of carbonyl (C=O) groups is 2. The summed E-state index contributed by atoms with van der Waals surface area (Å²) in [5, 5.41) is 9.93. The molecule has 1 aromatic carbocycles. The number of rotatable bonds is 4. The highest BCUT2D eigenvalue weighted by Gasteiger charge is 2.25. The number of hydrogen-bond acceptors (Lipinski definition) is 3. The number of nitrogens with zero attached hydrogens (tertiary/aromatic N) is 2. The van der Waals surface area contributed by atoms with Crippen LogP contribution in [-0.4, -0.2) is 59.0 Å². The largest absolute Gasteiger partial charge is 0.389 e. The van der Waals surface area contributed by atoms with Crippen LogP contribution in [0.3, 0.4) is 0 Å². The van der Waals surface area contributed by atoms with Crippen molar-refractivity contribution in [3.05, 3.63) is 35.6 Å². The lowest BCUT2D eigenvalue weighted by Gasteiger charge is -2.21. The molecule has 1 heterocycles. The van der Waals surface area contributed by atoms with E-state index >= 15 is 0 Å². The maximum atomic E-state index is 12.8. The fraction of sp³-hybridized carbons (Fsp3) is 0.529. The summed E-state index contributed by atoms with van der Waals surface area (Å²) in [4.78, 5) is 26.9. The summed E-state index contributed by atoms with van der Waals surface area (Å²) in [6.45, 7) is 2.91. The molecule has 1 aromatic rings. The van der Waals surface area contributed by atoms with Gasteiger partial charge in [-0.3, -0.25) is 9.59 Å². The van der Waals surface area contributed by atoms with Gasteiger partial charge < -0.3 is 14.9 Å². The predicted octanol–water partition coefficient (Wildman–Crippen LogP) is 1.20. The number of benzene rings is 1. The first-order chi connectivity index (χ1) is 11.0. The van der Waals surface area contributed by atoms with Crippen molar-refractivity contribution < 1.29 is 19.1 Å². The van der Waals surface area contributed by atoms with Crippen LogP contribution in [0.4, 0.5) is 4.39 Å². The fourth-order valence-electron chi connectivity index (χ4n) is 2.76. The molecule has 5 nitrogen and oxygen atoms in total. The Balaban J connectivity index is 1.80. The van der Waals surface area contributed by atoms with Gasteiger partial charge in [-0.15, -0.1) is 0 Å². The normalized spacial score (nSPS) is 18.7. The van der Waals surface area contributed by atoms with Crippen molar-refractivity contribution in [1.82, 2.24) is 9.80 Å². The third-order valence-electron chi connectivity index (χ3n) is 4.07. The highest BCUT2D eigenvalue weighted by Crippen LogP contribution is 2.10. The number of aliphatic hydroxyl groups excluding tert-OH is 1. The highest BCUT2D eigenvalue weighted by molar-refractivity contribution is 5.77. The molecule has 126 valence electrons. The van der Waals surface area contributed by atoms with E-state index in [4.69, 9.17) is 0 Å². The predicted molar refractivity (Wildman–Crippen MR) is 84.2 cm³/mol. The summed E-state index contributed by atoms with van der Waals surface area (Å²) in [7, 11) is 0. The fourth-order valence-corrected chi connectivity index (χ4v) is 2.76. The van der Waals surface area contributed by atoms with Crippen LogP contribution < -0.4 is 0 Å². The van der Waals surface area contributed by atoms with Crippen LogP contribution in [0.5, 0.6) is 0 Å². The molecule has 0 spiro atoms. The molecule has 0 radical (unpaired) electrons. The molecule has 0 aromatic heterocycles. The van der Waals surface area contributed by atoms with Crippen molar-refractivity contribution in [3.63, 3.8) is 0 Å². The molecule has 2 amide bonds. The van der Waals surface area contributed by atoms with Gasteiger partial charge in [-0.05, 0) is 30.5 Å². The monoisotopic (exact) mass is 322 g/mol. The summed E-state index contributed by atoms with van der Waals surface area (Å²) >= 11 is 0. The number of β-amino-alcohol motifs (C(OH)–C–C–N with tert-alkyl or cyclic N) is 1. The minimum Gasteiger partial charge on any atom is -0.389 e. The van der Waals surface area contributed by atoms with Gasteiger partial charge in [0, 0.05) is 39.5 Å². The van der Waals surface area contributed by atoms with Crippen LogP contribution in [0.15, 0.2) is 24.3 Å². The molecular formula is C17H23FN2O3. The SMILES string of the molecule is CC(=O)N1CCN(C(=O)CCCc2ccc(F)cc2)CC(O)C1. The second-order valence-corrected chi connectivity index (χ2v) is 5.94. The van der Waals surface area contributed by atoms with Crippen molar-refractivity contribution in [3.8, 4) is 0 Å². The molecule has 1 N–H and O–H groups in total. The van der Waals surface area contributed by atoms with Gasteiger partial charge in [-0.25, -0.2) is 4.39 Å². The maximum Gasteiger partial charge on any atom is 0.222 e. The Morgan fingerprint density at radius 1 is 1.17 bits per heavy atom. The summed E-state index contributed by atoms with van der Waals surface area (Å²) in [5.41, 5.74) is 0.998. The third-order valence-corrected chi connectivity index (χ3v) is 4.07. The van der Waals surface area contributed by atoms with Crippen molar-refractivity contribution in [2.45, 2.75) is 32.3 Å². The van der Waals surface area contributed by atoms with E-state index in [1.54, 1.807) is 21.9 Å². The molecule has 0 bridgehead atoms. The molecule has 0 saturated carbocycles. The molecule has 1 fully saturated rings. The molecule has 1 aliphatic heterocycles. The zero-order chi connectivity index (χ0) is 16.8. The Morgan fingerprint density at radius 3 is 2.43 bits per heavy atom. The molecule has 2 rings (SSSR count). The summed E-state index contributed by atoms with van der Waals surface area (Å²) in [6, 6.07) is 6.28. The average molecular weight is 322 g/mol. The third kappa shape index (κ3) is 5.32. The van der Waals surface area contributed by atoms with Gasteiger partial charge >= 0.3 is 0 Å². The van der Waals surface area contributed by atoms with E-state index in [9.17, 15) is 19.1 Å². The highest BCUT2D eigenvalue weighted by atomic mass is 19.1. The van der Waals surface area contributed by atoms with E-state index < -0.39 is 6.10 Å². The van der Waals surface area contributed by atoms with E-state index in [0.717, 1.165) is 5.56 Å². The van der Waals surface area contributed by atoms with Crippen molar-refractivity contribution in [1.29, 1.82) is 0 Å². The van der Waals surface area contributed by atoms with Crippen molar-refractivity contribution in [2.24, 2.45) is 0 Å². The molecule has 1 saturated heterocycles. The standard InChI is InChI=1S/C17H23FN2O3/c1-13(21)19-9-10-20(12-16(22)11-19)17(23)4-2-3-14-5-7-15(18)8-6-14/h5-8,16,22H,2-4,9-12H2,1H3. The molecule has 23 heavy (non-hydrogen) atoms. The Kier molecular flexibility index (Phi) is 6.10. The summed E-state index contributed by atoms with van der Waals surface area (Å²) in [5.74, 6) is -0.371. The molecular weight excluding hydrogens is 299 g/mol. The number of amides is 2. The number of aliphatic hydroxyl groups is 1. The van der Waals surface area contributed by atoms with Gasteiger partial charge in [-0.1, -0.05) is 12.1 Å². The van der Waals surface area contributed by atoms with E-state index in [0.29, 0.717) is 32.4 Å². The van der Waals surface area contributed by atoms with Gasteiger partial charge in [0.2, 0.25) is 11.8 Å². The molecule has 1 unspecified atom stereocenters. The van der Waals surface area contributed by atoms with Crippen LogP contribution in [0.2, 0.25) is 0 Å². The first-order valence-corrected chi connectivity index (χ1v) is 7.91. The Morgan fingerprint density at radius 2 is 1.78 bits per heavy atom. The van der Waals surface area contributed by atoms with Crippen molar-refractivity contribution >= 4 is 11.8 Å². The molecule has 1 aliphatic rings. The second-order valence-electron chi connectivity index (χ2n) is 5.94. The van der Waals surface area contributed by atoms with Gasteiger partial charge in [-0.2, -0.15) is 0 Å². The topological polar surface area (TPSA) is 60.9 Å². The van der Waals surface area contributed by atoms with Gasteiger partial charge in [0.05, 0.1) is 6.10 Å². The quantitative estimate of drug-likeness (QED) is 0.906. The summed E-state index contributed by atoms with van der Waals surface area (Å²) in [6.07, 6.45) is 1.06. The lowest BCUT2D eigenvalue weighted by Crippen LogP contribution is -2.37. The van der Waals surface area contributed by atoms with Crippen molar-refractivity contribution in [2.75, 3.05) is 26.2 Å². The van der Waals surface area contributed by atoms with Gasteiger partial charge in [0.25, 0.3) is 0 Å². The van der Waals surface area contributed by atoms with Crippen LogP contribution in [0.1, 0.15) is 25.3 Å². The van der Waals surface area contributed by atoms with Crippen LogP contribution in [0, 0.1) is 5.82 Å². The first-order valence-electron chi connectivity index (χ1n) is 7.91. The van der Waals surface area contributed by atoms with E-state index in [-0.39, 0.29) is 30.7 Å². The van der Waals surface area contributed by atoms with E-state index in [2.05, 4.69) is 0 Å². The van der Waals surface area contributed by atoms with E-state index in [1.807, 2.05) is 0 Å². The lowest BCUT2D eigenvalue weighted by molar-refractivity contribution is -0.132. The number of aryl methyl sites for hydroxylation is 1. The van der Waals surface area contributed by atoms with E-state index in [1.165, 1.54) is 19.1 Å². The first kappa shape index (κ1) is 17.4.